The highest BCUT2D eigenvalue weighted by atomic mass is 32.1. The first-order valence-electron chi connectivity index (χ1n) is 15.7. The van der Waals surface area contributed by atoms with Crippen LogP contribution in [0.3, 0.4) is 0 Å². The molecule has 2 heterocycles. The van der Waals surface area contributed by atoms with Crippen molar-refractivity contribution in [2.24, 2.45) is 0 Å². The van der Waals surface area contributed by atoms with E-state index in [1.165, 1.54) is 74.7 Å². The van der Waals surface area contributed by atoms with Gasteiger partial charge in [0, 0.05) is 42.2 Å². The quantitative estimate of drug-likeness (QED) is 0.183. The number of hydrogen-bond acceptors (Lipinski definition) is 2. The van der Waals surface area contributed by atoms with Crippen molar-refractivity contribution >= 4 is 74.8 Å². The van der Waals surface area contributed by atoms with Gasteiger partial charge in [-0.1, -0.05) is 133 Å². The lowest BCUT2D eigenvalue weighted by molar-refractivity contribution is 0.618. The van der Waals surface area contributed by atoms with Gasteiger partial charge in [0.15, 0.2) is 0 Å². The van der Waals surface area contributed by atoms with Crippen LogP contribution in [-0.2, 0) is 0 Å². The van der Waals surface area contributed by atoms with Crippen LogP contribution in [0.1, 0.15) is 0 Å². The van der Waals surface area contributed by atoms with Crippen LogP contribution in [0.4, 0.5) is 0 Å². The van der Waals surface area contributed by atoms with Crippen molar-refractivity contribution in [3.8, 4) is 33.4 Å². The molecule has 0 spiro atoms. The van der Waals surface area contributed by atoms with E-state index in [-0.39, 0.29) is 0 Å². The van der Waals surface area contributed by atoms with Crippen LogP contribution < -0.4 is 0 Å². The number of benzene rings is 8. The Morgan fingerprint density at radius 1 is 0.391 bits per heavy atom. The molecule has 1 nitrogen and oxygen atoms in total. The second kappa shape index (κ2) is 9.90. The van der Waals surface area contributed by atoms with Crippen LogP contribution in [-0.4, -0.2) is 0 Å². The molecule has 10 rings (SSSR count). The second-order valence-corrected chi connectivity index (χ2v) is 13.1. The molecule has 2 heteroatoms. The minimum absolute atomic E-state index is 0.934. The van der Waals surface area contributed by atoms with Crippen molar-refractivity contribution in [2.45, 2.75) is 0 Å². The topological polar surface area (TPSA) is 13.1 Å². The monoisotopic (exact) mass is 602 g/mol. The Labute approximate surface area is 269 Å². The van der Waals surface area contributed by atoms with E-state index in [1.807, 2.05) is 17.6 Å². The van der Waals surface area contributed by atoms with Gasteiger partial charge in [-0.15, -0.1) is 11.3 Å². The second-order valence-electron chi connectivity index (χ2n) is 12.0. The van der Waals surface area contributed by atoms with Gasteiger partial charge in [0.25, 0.3) is 0 Å². The van der Waals surface area contributed by atoms with Gasteiger partial charge in [0.1, 0.15) is 5.58 Å². The lowest BCUT2D eigenvalue weighted by Crippen LogP contribution is -1.92. The van der Waals surface area contributed by atoms with E-state index >= 15 is 0 Å². The van der Waals surface area contributed by atoms with Gasteiger partial charge in [-0.05, 0) is 67.2 Å². The van der Waals surface area contributed by atoms with Crippen molar-refractivity contribution in [2.75, 3.05) is 0 Å². The van der Waals surface area contributed by atoms with Crippen molar-refractivity contribution in [1.29, 1.82) is 0 Å². The van der Waals surface area contributed by atoms with Gasteiger partial charge in [-0.2, -0.15) is 0 Å². The molecule has 2 aromatic heterocycles. The summed E-state index contributed by atoms with van der Waals surface area (Å²) in [5, 5.41) is 11.1. The fourth-order valence-corrected chi connectivity index (χ4v) is 8.66. The van der Waals surface area contributed by atoms with Crippen LogP contribution in [0.25, 0.3) is 96.8 Å². The summed E-state index contributed by atoms with van der Waals surface area (Å²) in [6, 6.07) is 55.1. The molecule has 214 valence electrons. The van der Waals surface area contributed by atoms with E-state index in [2.05, 4.69) is 152 Å². The lowest BCUT2D eigenvalue weighted by Gasteiger charge is -2.19. The maximum Gasteiger partial charge on any atom is 0.143 e. The third-order valence-corrected chi connectivity index (χ3v) is 10.6. The van der Waals surface area contributed by atoms with Crippen LogP contribution in [0.5, 0.6) is 0 Å². The molecular weight excluding hydrogens is 577 g/mol. The smallest absolute Gasteiger partial charge is 0.143 e. The first kappa shape index (κ1) is 25.6. The Balaban J connectivity index is 1.40. The maximum absolute atomic E-state index is 6.68. The highest BCUT2D eigenvalue weighted by molar-refractivity contribution is 7.26. The molecule has 0 aliphatic heterocycles. The summed E-state index contributed by atoms with van der Waals surface area (Å²) in [6.45, 7) is 0. The molecule has 0 saturated heterocycles. The molecule has 0 N–H and O–H groups in total. The van der Waals surface area contributed by atoms with E-state index in [0.29, 0.717) is 0 Å². The average Bonchev–Trinajstić information content (AvgIpc) is 3.71. The van der Waals surface area contributed by atoms with Crippen molar-refractivity contribution in [3.63, 3.8) is 0 Å². The third kappa shape index (κ3) is 3.68. The predicted octanol–water partition coefficient (Wildman–Crippen LogP) is 13.3. The standard InChI is InChI=1S/C44H26OS/c1-2-13-28(14-3-1)37-26-45-44-36(37)25-39-42(35-20-10-11-21-38(35)46-39)43(44)41-33-18-8-6-16-31(33)40(32-17-7-9-19-34(32)41)30-23-22-27-12-4-5-15-29(27)24-30/h1-26H. The van der Waals surface area contributed by atoms with Crippen molar-refractivity contribution < 1.29 is 4.42 Å². The predicted molar refractivity (Wildman–Crippen MR) is 198 cm³/mol. The Morgan fingerprint density at radius 2 is 1.00 bits per heavy atom. The van der Waals surface area contributed by atoms with Gasteiger partial charge in [-0.3, -0.25) is 0 Å². The normalized spacial score (nSPS) is 11.9. The van der Waals surface area contributed by atoms with Crippen LogP contribution in [0, 0.1) is 0 Å². The van der Waals surface area contributed by atoms with E-state index in [9.17, 15) is 0 Å². The molecule has 0 aliphatic rings. The molecule has 0 aliphatic carbocycles. The fourth-order valence-electron chi connectivity index (χ4n) is 7.51. The molecule has 0 saturated carbocycles. The minimum Gasteiger partial charge on any atom is -0.463 e. The Hall–Kier alpha value is -5.70. The highest BCUT2D eigenvalue weighted by Crippen LogP contribution is 2.52. The summed E-state index contributed by atoms with van der Waals surface area (Å²) < 4.78 is 9.24. The van der Waals surface area contributed by atoms with Gasteiger partial charge < -0.3 is 4.42 Å². The Kier molecular flexibility index (Phi) is 5.51. The Bertz CT molecular complexity index is 2740. The van der Waals surface area contributed by atoms with Crippen molar-refractivity contribution in [3.05, 3.63) is 158 Å². The number of rotatable bonds is 3. The summed E-state index contributed by atoms with van der Waals surface area (Å²) in [7, 11) is 0. The molecular formula is C44H26OS. The molecule has 0 fully saturated rings. The molecule has 0 amide bonds. The van der Waals surface area contributed by atoms with Crippen molar-refractivity contribution in [1.82, 2.24) is 0 Å². The molecule has 46 heavy (non-hydrogen) atoms. The number of thiophene rings is 1. The van der Waals surface area contributed by atoms with E-state index in [1.54, 1.807) is 0 Å². The summed E-state index contributed by atoms with van der Waals surface area (Å²) in [5.41, 5.74) is 8.11. The first-order chi connectivity index (χ1) is 22.8. The average molecular weight is 603 g/mol. The molecule has 10 aromatic rings. The van der Waals surface area contributed by atoms with Gasteiger partial charge in [0.05, 0.1) is 6.26 Å². The van der Waals surface area contributed by atoms with E-state index < -0.39 is 0 Å². The SMILES string of the molecule is c1ccc(-c2coc3c(-c4c5ccccc5c(-c5ccc6ccccc6c5)c5ccccc45)c4c(cc23)sc2ccccc24)cc1. The summed E-state index contributed by atoms with van der Waals surface area (Å²) >= 11 is 1.86. The fraction of sp³-hybridized carbons (Fsp3) is 0. The third-order valence-electron chi connectivity index (χ3n) is 9.51. The van der Waals surface area contributed by atoms with Gasteiger partial charge in [-0.25, -0.2) is 0 Å². The largest absolute Gasteiger partial charge is 0.463 e. The zero-order valence-electron chi connectivity index (χ0n) is 24.8. The van der Waals surface area contributed by atoms with E-state index in [0.717, 1.165) is 22.1 Å². The molecule has 0 bridgehead atoms. The minimum atomic E-state index is 0.934. The summed E-state index contributed by atoms with van der Waals surface area (Å²) in [5.74, 6) is 0. The number of furan rings is 1. The molecule has 0 unspecified atom stereocenters. The lowest BCUT2D eigenvalue weighted by atomic mass is 9.84. The highest BCUT2D eigenvalue weighted by Gasteiger charge is 2.24. The number of hydrogen-bond donors (Lipinski definition) is 0. The summed E-state index contributed by atoms with van der Waals surface area (Å²) in [6.07, 6.45) is 1.95. The van der Waals surface area contributed by atoms with Crippen LogP contribution in [0.2, 0.25) is 0 Å². The summed E-state index contributed by atoms with van der Waals surface area (Å²) in [4.78, 5) is 0. The number of fused-ring (bicyclic) bond motifs is 7. The van der Waals surface area contributed by atoms with Crippen LogP contribution >= 0.6 is 11.3 Å². The molecule has 0 atom stereocenters. The van der Waals surface area contributed by atoms with Gasteiger partial charge >= 0.3 is 0 Å². The molecule has 0 radical (unpaired) electrons. The Morgan fingerprint density at radius 3 is 1.74 bits per heavy atom. The first-order valence-corrected chi connectivity index (χ1v) is 16.5. The van der Waals surface area contributed by atoms with Crippen LogP contribution in [0.15, 0.2) is 162 Å². The van der Waals surface area contributed by atoms with Gasteiger partial charge in [0.2, 0.25) is 0 Å². The zero-order chi connectivity index (χ0) is 30.2. The maximum atomic E-state index is 6.68. The zero-order valence-corrected chi connectivity index (χ0v) is 25.6. The molecule has 8 aromatic carbocycles. The van der Waals surface area contributed by atoms with E-state index in [4.69, 9.17) is 4.42 Å².